The fraction of sp³-hybridized carbons (Fsp3) is 0.269. The summed E-state index contributed by atoms with van der Waals surface area (Å²) in [7, 11) is 1.60. The molecular formula is C26H26N4O4. The number of fused-ring (bicyclic) bond motifs is 1. The second-order valence-electron chi connectivity index (χ2n) is 8.48. The van der Waals surface area contributed by atoms with Gasteiger partial charge in [-0.2, -0.15) is 4.99 Å². The molecule has 1 amide bonds. The summed E-state index contributed by atoms with van der Waals surface area (Å²) >= 11 is 0. The summed E-state index contributed by atoms with van der Waals surface area (Å²) in [5.74, 6) is 0.262. The number of imidazole rings is 1. The molecule has 4 aromatic rings. The van der Waals surface area contributed by atoms with Crippen LogP contribution in [0.25, 0.3) is 22.3 Å². The van der Waals surface area contributed by atoms with Gasteiger partial charge in [-0.1, -0.05) is 24.3 Å². The highest BCUT2D eigenvalue weighted by molar-refractivity contribution is 5.96. The second-order valence-corrected chi connectivity index (χ2v) is 8.48. The molecule has 0 aliphatic heterocycles. The highest BCUT2D eigenvalue weighted by Gasteiger charge is 2.30. The molecule has 1 aliphatic carbocycles. The number of nitrogens with zero attached hydrogens (tertiary/aromatic N) is 3. The van der Waals surface area contributed by atoms with Crippen molar-refractivity contribution in [2.45, 2.75) is 37.5 Å². The Morgan fingerprint density at radius 2 is 1.88 bits per heavy atom. The lowest BCUT2D eigenvalue weighted by Gasteiger charge is -2.31. The SMILES string of the molecule is COc1ccccc1-c1cc(C(=O)/N=c2\[nH]c3ccccc3n2[C@@H]2CC[C@@H](O)[C@@H](O)C2)ccn1. The number of aliphatic hydroxyl groups is 2. The van der Waals surface area contributed by atoms with Crippen LogP contribution in [0.2, 0.25) is 0 Å². The zero-order chi connectivity index (χ0) is 23.7. The lowest BCUT2D eigenvalue weighted by molar-refractivity contribution is -0.0229. The van der Waals surface area contributed by atoms with Crippen LogP contribution >= 0.6 is 0 Å². The molecule has 1 saturated carbocycles. The molecule has 8 nitrogen and oxygen atoms in total. The minimum atomic E-state index is -0.813. The molecular weight excluding hydrogens is 432 g/mol. The Bertz CT molecular complexity index is 1410. The molecule has 0 saturated heterocycles. The van der Waals surface area contributed by atoms with Crippen molar-refractivity contribution in [3.63, 3.8) is 0 Å². The van der Waals surface area contributed by atoms with Crippen LogP contribution < -0.4 is 10.4 Å². The summed E-state index contributed by atoms with van der Waals surface area (Å²) in [6.07, 6.45) is 1.59. The summed E-state index contributed by atoms with van der Waals surface area (Å²) in [6, 6.07) is 18.5. The number of aliphatic hydroxyl groups excluding tert-OH is 2. The van der Waals surface area contributed by atoms with Gasteiger partial charge < -0.3 is 24.5 Å². The van der Waals surface area contributed by atoms with Crippen LogP contribution in [-0.4, -0.2) is 50.0 Å². The molecule has 3 atom stereocenters. The maximum Gasteiger partial charge on any atom is 0.280 e. The molecule has 174 valence electrons. The molecule has 0 unspecified atom stereocenters. The van der Waals surface area contributed by atoms with Crippen molar-refractivity contribution in [2.75, 3.05) is 7.11 Å². The zero-order valence-electron chi connectivity index (χ0n) is 18.8. The largest absolute Gasteiger partial charge is 0.496 e. The Morgan fingerprint density at radius 3 is 2.71 bits per heavy atom. The molecule has 0 spiro atoms. The van der Waals surface area contributed by atoms with Crippen molar-refractivity contribution >= 4 is 16.9 Å². The van der Waals surface area contributed by atoms with Crippen LogP contribution in [0.5, 0.6) is 5.75 Å². The van der Waals surface area contributed by atoms with Crippen molar-refractivity contribution in [1.29, 1.82) is 0 Å². The maximum atomic E-state index is 13.2. The van der Waals surface area contributed by atoms with E-state index >= 15 is 0 Å². The lowest BCUT2D eigenvalue weighted by Crippen LogP contribution is -2.37. The van der Waals surface area contributed by atoms with Crippen LogP contribution in [0.3, 0.4) is 0 Å². The third-order valence-electron chi connectivity index (χ3n) is 6.35. The molecule has 1 fully saturated rings. The number of amides is 1. The number of para-hydroxylation sites is 3. The first-order valence-corrected chi connectivity index (χ1v) is 11.3. The molecule has 5 rings (SSSR count). The standard InChI is InChI=1S/C26H26N4O4/c1-34-24-9-5-2-6-18(24)20-14-16(12-13-27-20)25(33)29-26-28-19-7-3-4-8-21(19)30(26)17-10-11-22(31)23(32)15-17/h2-9,12-14,17,22-23,31-32H,10-11,15H2,1H3,(H,28,29,33)/t17-,22-,23+/m1/s1. The Balaban J connectivity index is 1.56. The minimum absolute atomic E-state index is 0.0947. The maximum absolute atomic E-state index is 13.2. The van der Waals surface area contributed by atoms with E-state index in [-0.39, 0.29) is 6.04 Å². The van der Waals surface area contributed by atoms with E-state index in [0.29, 0.717) is 41.9 Å². The van der Waals surface area contributed by atoms with Crippen molar-refractivity contribution in [3.05, 3.63) is 78.0 Å². The van der Waals surface area contributed by atoms with Gasteiger partial charge in [-0.25, -0.2) is 0 Å². The van der Waals surface area contributed by atoms with Crippen LogP contribution in [0.1, 0.15) is 35.7 Å². The number of methoxy groups -OCH3 is 1. The zero-order valence-corrected chi connectivity index (χ0v) is 18.8. The van der Waals surface area contributed by atoms with Crippen LogP contribution in [0.4, 0.5) is 0 Å². The number of carbonyl (C=O) groups excluding carboxylic acids is 1. The summed E-state index contributed by atoms with van der Waals surface area (Å²) in [5.41, 5.74) is 3.96. The van der Waals surface area contributed by atoms with Gasteiger partial charge in [-0.05, 0) is 55.7 Å². The topological polar surface area (TPSA) is 113 Å². The number of pyridine rings is 1. The number of carbonyl (C=O) groups is 1. The number of nitrogens with one attached hydrogen (secondary N) is 1. The number of aromatic nitrogens is 3. The third-order valence-corrected chi connectivity index (χ3v) is 6.35. The first kappa shape index (κ1) is 22.1. The Hall–Kier alpha value is -3.75. The molecule has 1 aliphatic rings. The van der Waals surface area contributed by atoms with Gasteiger partial charge >= 0.3 is 0 Å². The van der Waals surface area contributed by atoms with Gasteiger partial charge in [-0.3, -0.25) is 9.78 Å². The molecule has 2 aromatic carbocycles. The number of H-pyrrole nitrogens is 1. The van der Waals surface area contributed by atoms with Gasteiger partial charge in [-0.15, -0.1) is 0 Å². The normalized spacial score (nSPS) is 21.0. The Labute approximate surface area is 196 Å². The van der Waals surface area contributed by atoms with Gasteiger partial charge in [0.2, 0.25) is 5.62 Å². The average Bonchev–Trinajstić information content (AvgIpc) is 3.23. The third kappa shape index (κ3) is 4.13. The summed E-state index contributed by atoms with van der Waals surface area (Å²) < 4.78 is 7.40. The molecule has 34 heavy (non-hydrogen) atoms. The van der Waals surface area contributed by atoms with Crippen molar-refractivity contribution in [2.24, 2.45) is 4.99 Å². The first-order valence-electron chi connectivity index (χ1n) is 11.3. The van der Waals surface area contributed by atoms with E-state index in [1.54, 1.807) is 25.4 Å². The van der Waals surface area contributed by atoms with Gasteiger partial charge in [0.15, 0.2) is 0 Å². The lowest BCUT2D eigenvalue weighted by atomic mass is 9.90. The number of ether oxygens (including phenoxy) is 1. The summed E-state index contributed by atoms with van der Waals surface area (Å²) in [5, 5.41) is 20.2. The predicted octanol–water partition coefficient (Wildman–Crippen LogP) is 3.23. The van der Waals surface area contributed by atoms with Crippen LogP contribution in [-0.2, 0) is 0 Å². The molecule has 0 radical (unpaired) electrons. The van der Waals surface area contributed by atoms with E-state index < -0.39 is 18.1 Å². The van der Waals surface area contributed by atoms with E-state index in [0.717, 1.165) is 16.6 Å². The number of aromatic amines is 1. The molecule has 0 bridgehead atoms. The van der Waals surface area contributed by atoms with Crippen molar-refractivity contribution in [1.82, 2.24) is 14.5 Å². The van der Waals surface area contributed by atoms with Gasteiger partial charge in [0, 0.05) is 23.4 Å². The fourth-order valence-electron chi connectivity index (χ4n) is 4.61. The minimum Gasteiger partial charge on any atom is -0.496 e. The van der Waals surface area contributed by atoms with Crippen molar-refractivity contribution < 1.29 is 19.7 Å². The van der Waals surface area contributed by atoms with E-state index in [4.69, 9.17) is 4.74 Å². The Kier molecular flexibility index (Phi) is 6.00. The smallest absolute Gasteiger partial charge is 0.280 e. The van der Waals surface area contributed by atoms with Crippen LogP contribution in [0.15, 0.2) is 71.9 Å². The van der Waals surface area contributed by atoms with Gasteiger partial charge in [0.25, 0.3) is 5.91 Å². The fourth-order valence-corrected chi connectivity index (χ4v) is 4.61. The first-order chi connectivity index (χ1) is 16.5. The second kappa shape index (κ2) is 9.24. The number of hydrogen-bond acceptors (Lipinski definition) is 5. The highest BCUT2D eigenvalue weighted by Crippen LogP contribution is 2.31. The van der Waals surface area contributed by atoms with E-state index in [1.165, 1.54) is 0 Å². The molecule has 3 N–H and O–H groups in total. The van der Waals surface area contributed by atoms with E-state index in [2.05, 4.69) is 15.0 Å². The van der Waals surface area contributed by atoms with Gasteiger partial charge in [0.05, 0.1) is 36.0 Å². The molecule has 8 heteroatoms. The van der Waals surface area contributed by atoms with Crippen LogP contribution in [0, 0.1) is 0 Å². The van der Waals surface area contributed by atoms with Gasteiger partial charge in [0.1, 0.15) is 5.75 Å². The predicted molar refractivity (Wildman–Crippen MR) is 127 cm³/mol. The number of benzene rings is 2. The summed E-state index contributed by atoms with van der Waals surface area (Å²) in [6.45, 7) is 0. The monoisotopic (exact) mass is 458 g/mol. The highest BCUT2D eigenvalue weighted by atomic mass is 16.5. The molecule has 2 aromatic heterocycles. The number of hydrogen-bond donors (Lipinski definition) is 3. The van der Waals surface area contributed by atoms with E-state index in [1.807, 2.05) is 53.1 Å². The molecule has 2 heterocycles. The van der Waals surface area contributed by atoms with Crippen molar-refractivity contribution in [3.8, 4) is 17.0 Å². The quantitative estimate of drug-likeness (QED) is 0.435. The summed E-state index contributed by atoms with van der Waals surface area (Å²) in [4.78, 5) is 25.3. The average molecular weight is 459 g/mol. The number of rotatable bonds is 4. The van der Waals surface area contributed by atoms with E-state index in [9.17, 15) is 15.0 Å². The Morgan fingerprint density at radius 1 is 1.09 bits per heavy atom.